The Hall–Kier alpha value is -1.86. The number of para-hydroxylation sites is 1. The highest BCUT2D eigenvalue weighted by atomic mass is 79.9. The Morgan fingerprint density at radius 2 is 1.75 bits per heavy atom. The van der Waals surface area contributed by atoms with Crippen LogP contribution >= 0.6 is 32.9 Å². The molecule has 0 fully saturated rings. The smallest absolute Gasteiger partial charge is 0.123 e. The zero-order valence-electron chi connectivity index (χ0n) is 17.9. The van der Waals surface area contributed by atoms with Gasteiger partial charge in [0.1, 0.15) is 30.3 Å². The Morgan fingerprint density at radius 1 is 1.03 bits per heavy atom. The second-order valence-corrected chi connectivity index (χ2v) is 8.90. The van der Waals surface area contributed by atoms with Crippen molar-refractivity contribution in [2.75, 3.05) is 19.7 Å². The molecule has 0 saturated heterocycles. The molecule has 4 rings (SSSR count). The van der Waals surface area contributed by atoms with Crippen molar-refractivity contribution in [1.29, 1.82) is 0 Å². The van der Waals surface area contributed by atoms with Crippen LogP contribution in [0.2, 0.25) is 0 Å². The summed E-state index contributed by atoms with van der Waals surface area (Å²) in [6.07, 6.45) is 1.47. The summed E-state index contributed by atoms with van der Waals surface area (Å²) in [5, 5.41) is 10.7. The molecule has 2 atom stereocenters. The number of halogens is 2. The molecule has 1 aliphatic heterocycles. The standard InChI is InChI=1S/C26H28BrNO3.BrH/c27-22-12-14-26-21(15-22)11-13-25(31-26)18-28(16-20-7-3-1-4-8-20)17-23(29)19-30-24-9-5-2-6-10-24;/h1-10,12,14-15,23,25,29H,11,13,16-19H2;1H/t23-,25+;/m0./s1. The average molecular weight is 563 g/mol. The molecule has 0 radical (unpaired) electrons. The fourth-order valence-corrected chi connectivity index (χ4v) is 4.34. The predicted octanol–water partition coefficient (Wildman–Crippen LogP) is 5.66. The molecule has 32 heavy (non-hydrogen) atoms. The first kappa shape index (κ1) is 24.8. The van der Waals surface area contributed by atoms with Crippen LogP contribution in [0.4, 0.5) is 0 Å². The van der Waals surface area contributed by atoms with Crippen molar-refractivity contribution in [3.05, 3.63) is 94.5 Å². The van der Waals surface area contributed by atoms with Gasteiger partial charge in [0.05, 0.1) is 0 Å². The molecule has 0 unspecified atom stereocenters. The molecule has 3 aromatic carbocycles. The summed E-state index contributed by atoms with van der Waals surface area (Å²) in [4.78, 5) is 2.27. The molecule has 4 nitrogen and oxygen atoms in total. The number of hydrogen-bond donors (Lipinski definition) is 1. The fourth-order valence-electron chi connectivity index (χ4n) is 3.94. The Bertz CT molecular complexity index is 956. The summed E-state index contributed by atoms with van der Waals surface area (Å²) in [6.45, 7) is 2.30. The summed E-state index contributed by atoms with van der Waals surface area (Å²) >= 11 is 3.54. The van der Waals surface area contributed by atoms with Gasteiger partial charge in [-0.3, -0.25) is 4.90 Å². The highest BCUT2D eigenvalue weighted by Crippen LogP contribution is 2.30. The number of aryl methyl sites for hydroxylation is 1. The predicted molar refractivity (Wildman–Crippen MR) is 137 cm³/mol. The van der Waals surface area contributed by atoms with Crippen LogP contribution in [-0.4, -0.2) is 41.9 Å². The maximum Gasteiger partial charge on any atom is 0.123 e. The van der Waals surface area contributed by atoms with Gasteiger partial charge >= 0.3 is 0 Å². The summed E-state index contributed by atoms with van der Waals surface area (Å²) in [5.41, 5.74) is 2.47. The number of fused-ring (bicyclic) bond motifs is 1. The molecular weight excluding hydrogens is 534 g/mol. The second-order valence-electron chi connectivity index (χ2n) is 7.99. The number of benzene rings is 3. The molecule has 0 amide bonds. The van der Waals surface area contributed by atoms with E-state index in [1.165, 1.54) is 11.1 Å². The lowest BCUT2D eigenvalue weighted by Gasteiger charge is -2.32. The number of aliphatic hydroxyl groups is 1. The summed E-state index contributed by atoms with van der Waals surface area (Å²) in [7, 11) is 0. The van der Waals surface area contributed by atoms with Gasteiger partial charge in [-0.25, -0.2) is 0 Å². The van der Waals surface area contributed by atoms with E-state index in [0.717, 1.165) is 41.9 Å². The summed E-state index contributed by atoms with van der Waals surface area (Å²) in [6, 6.07) is 26.2. The van der Waals surface area contributed by atoms with Crippen LogP contribution in [-0.2, 0) is 13.0 Å². The fraction of sp³-hybridized carbons (Fsp3) is 0.308. The maximum absolute atomic E-state index is 10.7. The van der Waals surface area contributed by atoms with Crippen LogP contribution in [0.3, 0.4) is 0 Å². The molecule has 6 heteroatoms. The van der Waals surface area contributed by atoms with E-state index in [1.54, 1.807) is 0 Å². The van der Waals surface area contributed by atoms with Crippen LogP contribution in [0.15, 0.2) is 83.3 Å². The monoisotopic (exact) mass is 561 g/mol. The molecule has 0 aliphatic carbocycles. The van der Waals surface area contributed by atoms with Crippen molar-refractivity contribution in [2.45, 2.75) is 31.6 Å². The third-order valence-electron chi connectivity index (χ3n) is 5.42. The molecule has 0 spiro atoms. The molecule has 0 bridgehead atoms. The van der Waals surface area contributed by atoms with Gasteiger partial charge in [0.25, 0.3) is 0 Å². The van der Waals surface area contributed by atoms with Crippen molar-refractivity contribution >= 4 is 32.9 Å². The van der Waals surface area contributed by atoms with Gasteiger partial charge < -0.3 is 14.6 Å². The van der Waals surface area contributed by atoms with E-state index in [2.05, 4.69) is 39.0 Å². The molecular formula is C26H29Br2NO3. The van der Waals surface area contributed by atoms with Crippen molar-refractivity contribution in [2.24, 2.45) is 0 Å². The molecule has 1 N–H and O–H groups in total. The van der Waals surface area contributed by atoms with E-state index >= 15 is 0 Å². The summed E-state index contributed by atoms with van der Waals surface area (Å²) in [5.74, 6) is 1.74. The average Bonchev–Trinajstić information content (AvgIpc) is 2.79. The lowest BCUT2D eigenvalue weighted by Crippen LogP contribution is -2.42. The van der Waals surface area contributed by atoms with Crippen molar-refractivity contribution in [3.8, 4) is 11.5 Å². The Labute approximate surface area is 209 Å². The second kappa shape index (κ2) is 12.4. The number of rotatable bonds is 9. The normalized spacial score (nSPS) is 15.9. The zero-order valence-corrected chi connectivity index (χ0v) is 21.2. The van der Waals surface area contributed by atoms with Crippen LogP contribution in [0.25, 0.3) is 0 Å². The van der Waals surface area contributed by atoms with Crippen molar-refractivity contribution in [3.63, 3.8) is 0 Å². The lowest BCUT2D eigenvalue weighted by molar-refractivity contribution is 0.0434. The highest BCUT2D eigenvalue weighted by Gasteiger charge is 2.24. The summed E-state index contributed by atoms with van der Waals surface area (Å²) < 4.78 is 13.1. The molecule has 1 heterocycles. The molecule has 0 saturated carbocycles. The van der Waals surface area contributed by atoms with E-state index < -0.39 is 6.10 Å². The van der Waals surface area contributed by atoms with Crippen molar-refractivity contribution in [1.82, 2.24) is 4.90 Å². The quantitative estimate of drug-likeness (QED) is 0.365. The molecule has 170 valence electrons. The van der Waals surface area contributed by atoms with Crippen LogP contribution < -0.4 is 9.47 Å². The third kappa shape index (κ3) is 7.34. The Morgan fingerprint density at radius 3 is 2.50 bits per heavy atom. The minimum atomic E-state index is -0.587. The van der Waals surface area contributed by atoms with Crippen molar-refractivity contribution < 1.29 is 14.6 Å². The van der Waals surface area contributed by atoms with Gasteiger partial charge in [-0.15, -0.1) is 17.0 Å². The molecule has 1 aliphatic rings. The van der Waals surface area contributed by atoms with Crippen LogP contribution in [0, 0.1) is 0 Å². The van der Waals surface area contributed by atoms with Gasteiger partial charge in [0.15, 0.2) is 0 Å². The van der Waals surface area contributed by atoms with E-state index in [-0.39, 0.29) is 29.7 Å². The van der Waals surface area contributed by atoms with E-state index in [1.807, 2.05) is 60.7 Å². The third-order valence-corrected chi connectivity index (χ3v) is 5.91. The first-order chi connectivity index (χ1) is 15.2. The highest BCUT2D eigenvalue weighted by molar-refractivity contribution is 9.10. The number of nitrogens with zero attached hydrogens (tertiary/aromatic N) is 1. The minimum absolute atomic E-state index is 0. The first-order valence-corrected chi connectivity index (χ1v) is 11.5. The maximum atomic E-state index is 10.7. The molecule has 3 aromatic rings. The van der Waals surface area contributed by atoms with Crippen LogP contribution in [0.5, 0.6) is 11.5 Å². The van der Waals surface area contributed by atoms with Gasteiger partial charge in [-0.2, -0.15) is 0 Å². The van der Waals surface area contributed by atoms with Gasteiger partial charge in [0.2, 0.25) is 0 Å². The zero-order chi connectivity index (χ0) is 21.5. The largest absolute Gasteiger partial charge is 0.491 e. The van der Waals surface area contributed by atoms with Crippen LogP contribution in [0.1, 0.15) is 17.5 Å². The van der Waals surface area contributed by atoms with Gasteiger partial charge in [-0.1, -0.05) is 64.5 Å². The van der Waals surface area contributed by atoms with Gasteiger partial charge in [-0.05, 0) is 54.3 Å². The Kier molecular flexibility index (Phi) is 9.60. The Balaban J connectivity index is 0.00000289. The van der Waals surface area contributed by atoms with Gasteiger partial charge in [0, 0.05) is 24.1 Å². The molecule has 0 aromatic heterocycles. The number of hydrogen-bond acceptors (Lipinski definition) is 4. The number of aliphatic hydroxyl groups excluding tert-OH is 1. The SMILES string of the molecule is Br.O[C@H](COc1ccccc1)CN(Cc1ccccc1)C[C@H]1CCc2cc(Br)ccc2O1. The first-order valence-electron chi connectivity index (χ1n) is 10.7. The number of ether oxygens (including phenoxy) is 2. The van der Waals surface area contributed by atoms with E-state index in [0.29, 0.717) is 6.54 Å². The lowest BCUT2D eigenvalue weighted by atomic mass is 10.0. The van der Waals surface area contributed by atoms with E-state index in [4.69, 9.17) is 9.47 Å². The topological polar surface area (TPSA) is 41.9 Å². The van der Waals surface area contributed by atoms with E-state index in [9.17, 15) is 5.11 Å². The minimum Gasteiger partial charge on any atom is -0.491 e.